The van der Waals surface area contributed by atoms with Gasteiger partial charge in [0.1, 0.15) is 17.3 Å². The Kier molecular flexibility index (Phi) is 4.84. The van der Waals surface area contributed by atoms with Gasteiger partial charge in [-0.05, 0) is 49.9 Å². The highest BCUT2D eigenvalue weighted by Gasteiger charge is 2.24. The number of aromatic nitrogens is 2. The predicted molar refractivity (Wildman–Crippen MR) is 99.0 cm³/mol. The van der Waals surface area contributed by atoms with E-state index < -0.39 is 11.4 Å². The van der Waals surface area contributed by atoms with Crippen LogP contribution in [-0.4, -0.2) is 15.1 Å². The topological polar surface area (TPSA) is 48.9 Å². The Morgan fingerprint density at radius 1 is 1.15 bits per heavy atom. The van der Waals surface area contributed by atoms with Crippen LogP contribution in [0.4, 0.5) is 8.78 Å². The number of aromatic amines is 1. The van der Waals surface area contributed by atoms with Crippen molar-refractivity contribution in [3.8, 4) is 0 Å². The molecule has 0 aliphatic carbocycles. The van der Waals surface area contributed by atoms with Gasteiger partial charge in [-0.3, -0.25) is 0 Å². The molecule has 0 amide bonds. The Morgan fingerprint density at radius 2 is 1.88 bits per heavy atom. The predicted octanol–water partition coefficient (Wildman–Crippen LogP) is 5.25. The van der Waals surface area contributed by atoms with E-state index in [0.717, 1.165) is 17.7 Å². The van der Waals surface area contributed by atoms with Crippen molar-refractivity contribution >= 4 is 11.0 Å². The van der Waals surface area contributed by atoms with E-state index in [1.165, 1.54) is 18.3 Å². The van der Waals surface area contributed by atoms with Gasteiger partial charge in [0.25, 0.3) is 0 Å². The van der Waals surface area contributed by atoms with E-state index in [-0.39, 0.29) is 17.3 Å². The van der Waals surface area contributed by atoms with Gasteiger partial charge in [-0.15, -0.1) is 0 Å². The lowest BCUT2D eigenvalue weighted by atomic mass is 9.86. The molecule has 3 aromatic rings. The summed E-state index contributed by atoms with van der Waals surface area (Å²) in [6, 6.07) is 8.29. The molecule has 3 rings (SSSR count). The van der Waals surface area contributed by atoms with Crippen molar-refractivity contribution in [1.82, 2.24) is 9.97 Å². The highest BCUT2D eigenvalue weighted by atomic mass is 19.1. The molecule has 0 aliphatic heterocycles. The molecule has 2 N–H and O–H groups in total. The lowest BCUT2D eigenvalue weighted by molar-refractivity contribution is 0.0745. The third-order valence-electron chi connectivity index (χ3n) is 4.59. The van der Waals surface area contributed by atoms with Gasteiger partial charge in [-0.1, -0.05) is 26.0 Å². The molecule has 0 saturated heterocycles. The second-order valence-electron chi connectivity index (χ2n) is 7.80. The Balaban J connectivity index is 2.06. The monoisotopic (exact) mass is 358 g/mol. The second kappa shape index (κ2) is 6.80. The summed E-state index contributed by atoms with van der Waals surface area (Å²) in [6.07, 6.45) is 1.98. The van der Waals surface area contributed by atoms with Crippen LogP contribution >= 0.6 is 0 Å². The quantitative estimate of drug-likeness (QED) is 0.655. The van der Waals surface area contributed by atoms with Crippen molar-refractivity contribution in [2.75, 3.05) is 0 Å². The zero-order valence-corrected chi connectivity index (χ0v) is 15.5. The van der Waals surface area contributed by atoms with Gasteiger partial charge in [-0.25, -0.2) is 13.8 Å². The lowest BCUT2D eigenvalue weighted by Gasteiger charge is -2.22. The largest absolute Gasteiger partial charge is 0.386 e. The minimum absolute atomic E-state index is 0.0717. The van der Waals surface area contributed by atoms with Crippen LogP contribution in [0.15, 0.2) is 36.5 Å². The van der Waals surface area contributed by atoms with Gasteiger partial charge in [0.15, 0.2) is 0 Å². The average molecular weight is 358 g/mol. The Bertz CT molecular complexity index is 925. The van der Waals surface area contributed by atoms with Crippen LogP contribution in [0, 0.1) is 17.6 Å². The summed E-state index contributed by atoms with van der Waals surface area (Å²) < 4.78 is 28.0. The summed E-state index contributed by atoms with van der Waals surface area (Å²) >= 11 is 0. The number of nitrogens with one attached hydrogen (secondary N) is 1. The fourth-order valence-electron chi connectivity index (χ4n) is 3.36. The highest BCUT2D eigenvalue weighted by Crippen LogP contribution is 2.34. The first-order valence-electron chi connectivity index (χ1n) is 8.81. The van der Waals surface area contributed by atoms with E-state index in [0.29, 0.717) is 17.0 Å². The first-order valence-corrected chi connectivity index (χ1v) is 8.81. The summed E-state index contributed by atoms with van der Waals surface area (Å²) in [7, 11) is 0. The smallest absolute Gasteiger partial charge is 0.142 e. The number of aliphatic hydroxyl groups is 1. The summed E-state index contributed by atoms with van der Waals surface area (Å²) in [4.78, 5) is 7.32. The first-order chi connectivity index (χ1) is 12.1. The fourth-order valence-corrected chi connectivity index (χ4v) is 3.36. The van der Waals surface area contributed by atoms with Crippen LogP contribution in [0.2, 0.25) is 0 Å². The minimum atomic E-state index is -1.24. The minimum Gasteiger partial charge on any atom is -0.386 e. The van der Waals surface area contributed by atoms with Gasteiger partial charge in [0.2, 0.25) is 0 Å². The molecule has 0 fully saturated rings. The van der Waals surface area contributed by atoms with Gasteiger partial charge in [0, 0.05) is 22.6 Å². The molecule has 2 aromatic heterocycles. The first kappa shape index (κ1) is 18.5. The van der Waals surface area contributed by atoms with Gasteiger partial charge < -0.3 is 10.1 Å². The Morgan fingerprint density at radius 3 is 2.50 bits per heavy atom. The molecule has 0 unspecified atom stereocenters. The van der Waals surface area contributed by atoms with Crippen molar-refractivity contribution in [3.63, 3.8) is 0 Å². The van der Waals surface area contributed by atoms with Crippen LogP contribution in [0.1, 0.15) is 56.9 Å². The molecule has 0 spiro atoms. The van der Waals surface area contributed by atoms with E-state index in [9.17, 15) is 13.9 Å². The van der Waals surface area contributed by atoms with Crippen molar-refractivity contribution in [3.05, 3.63) is 65.0 Å². The van der Waals surface area contributed by atoms with Crippen molar-refractivity contribution in [1.29, 1.82) is 0 Å². The van der Waals surface area contributed by atoms with E-state index in [1.807, 2.05) is 12.1 Å². The molecule has 3 nitrogen and oxygen atoms in total. The van der Waals surface area contributed by atoms with Crippen LogP contribution in [0.25, 0.3) is 11.0 Å². The average Bonchev–Trinajstić information content (AvgIpc) is 2.93. The second-order valence-corrected chi connectivity index (χ2v) is 7.80. The van der Waals surface area contributed by atoms with Gasteiger partial charge in [0.05, 0.1) is 11.8 Å². The SMILES string of the molecule is CC(C)C[C@H](c1ccc(C(C)(C)O)c(F)c1)c1cc2cc(F)cnc2[nH]1. The van der Waals surface area contributed by atoms with Crippen LogP contribution in [0.3, 0.4) is 0 Å². The molecule has 2 heterocycles. The van der Waals surface area contributed by atoms with Crippen molar-refractivity contribution < 1.29 is 13.9 Å². The summed E-state index contributed by atoms with van der Waals surface area (Å²) in [5, 5.41) is 10.8. The number of benzene rings is 1. The number of rotatable bonds is 5. The van der Waals surface area contributed by atoms with Crippen LogP contribution in [0.5, 0.6) is 0 Å². The summed E-state index contributed by atoms with van der Waals surface area (Å²) in [5.74, 6) is -0.501. The molecule has 0 bridgehead atoms. The Hall–Kier alpha value is -2.27. The van der Waals surface area contributed by atoms with E-state index >= 15 is 0 Å². The van der Waals surface area contributed by atoms with Crippen molar-refractivity contribution in [2.45, 2.75) is 45.6 Å². The lowest BCUT2D eigenvalue weighted by Crippen LogP contribution is -2.18. The zero-order valence-electron chi connectivity index (χ0n) is 15.5. The molecule has 1 aromatic carbocycles. The molecule has 0 aliphatic rings. The number of nitrogens with zero attached hydrogens (tertiary/aromatic N) is 1. The van der Waals surface area contributed by atoms with Crippen molar-refractivity contribution in [2.24, 2.45) is 5.92 Å². The molecule has 5 heteroatoms. The third-order valence-corrected chi connectivity index (χ3v) is 4.59. The molecule has 0 radical (unpaired) electrons. The maximum atomic E-state index is 14.6. The zero-order chi connectivity index (χ0) is 19.1. The van der Waals surface area contributed by atoms with Gasteiger partial charge >= 0.3 is 0 Å². The highest BCUT2D eigenvalue weighted by molar-refractivity contribution is 5.76. The molecule has 1 atom stereocenters. The number of hydrogen-bond donors (Lipinski definition) is 2. The number of fused-ring (bicyclic) bond motifs is 1. The fraction of sp³-hybridized carbons (Fsp3) is 0.381. The van der Waals surface area contributed by atoms with E-state index in [4.69, 9.17) is 0 Å². The van der Waals surface area contributed by atoms with E-state index in [2.05, 4.69) is 23.8 Å². The standard InChI is InChI=1S/C21H24F2N2O/c1-12(2)7-16(13-5-6-17(18(23)9-13)21(3,4)26)19-10-14-8-15(22)11-24-20(14)25-19/h5-6,8-12,16,26H,7H2,1-4H3,(H,24,25)/t16-/m1/s1. The van der Waals surface area contributed by atoms with E-state index in [1.54, 1.807) is 19.9 Å². The Labute approximate surface area is 152 Å². The molecular formula is C21H24F2N2O. The third kappa shape index (κ3) is 3.78. The molecule has 26 heavy (non-hydrogen) atoms. The molecular weight excluding hydrogens is 334 g/mol. The summed E-state index contributed by atoms with van der Waals surface area (Å²) in [6.45, 7) is 7.34. The maximum Gasteiger partial charge on any atom is 0.142 e. The number of pyridine rings is 1. The summed E-state index contributed by atoms with van der Waals surface area (Å²) in [5.41, 5.74) is 1.34. The normalized spacial score (nSPS) is 13.5. The molecule has 0 saturated carbocycles. The van der Waals surface area contributed by atoms with Crippen LogP contribution < -0.4 is 0 Å². The number of hydrogen-bond acceptors (Lipinski definition) is 2. The number of halogens is 2. The maximum absolute atomic E-state index is 14.6. The number of H-pyrrole nitrogens is 1. The van der Waals surface area contributed by atoms with Crippen LogP contribution in [-0.2, 0) is 5.60 Å². The molecule has 138 valence electrons. The van der Waals surface area contributed by atoms with Gasteiger partial charge in [-0.2, -0.15) is 0 Å².